The molecule has 1 rings (SSSR count). The first-order valence-corrected chi connectivity index (χ1v) is 6.79. The van der Waals surface area contributed by atoms with E-state index < -0.39 is 28.6 Å². The number of hydrogen-bond acceptors (Lipinski definition) is 5. The quantitative estimate of drug-likeness (QED) is 0.478. The van der Waals surface area contributed by atoms with Gasteiger partial charge >= 0.3 is 12.1 Å². The van der Waals surface area contributed by atoms with Crippen molar-refractivity contribution >= 4 is 52.6 Å². The SMILES string of the molecule is Nc1ccccc1CC(OC(=O)OCC(Cl)(Cl)Cl)C(=O)O. The molecule has 3 N–H and O–H groups in total. The third-order valence-electron chi connectivity index (χ3n) is 2.33. The average molecular weight is 357 g/mol. The number of benzene rings is 1. The van der Waals surface area contributed by atoms with Crippen LogP contribution < -0.4 is 5.73 Å². The number of halogens is 3. The number of aliphatic carboxylic acids is 1. The molecule has 1 aromatic rings. The highest BCUT2D eigenvalue weighted by molar-refractivity contribution is 6.67. The molecule has 1 unspecified atom stereocenters. The lowest BCUT2D eigenvalue weighted by atomic mass is 10.1. The average Bonchev–Trinajstić information content (AvgIpc) is 2.37. The predicted octanol–water partition coefficient (Wildman–Crippen LogP) is 2.79. The third kappa shape index (κ3) is 6.75. The van der Waals surface area contributed by atoms with E-state index in [1.54, 1.807) is 24.3 Å². The van der Waals surface area contributed by atoms with Crippen LogP contribution in [0.2, 0.25) is 0 Å². The second-order valence-electron chi connectivity index (χ2n) is 4.00. The molecule has 1 atom stereocenters. The maximum atomic E-state index is 11.4. The van der Waals surface area contributed by atoms with Gasteiger partial charge in [-0.25, -0.2) is 9.59 Å². The fraction of sp³-hybridized carbons (Fsp3) is 0.333. The zero-order valence-corrected chi connectivity index (χ0v) is 12.9. The molecule has 0 saturated carbocycles. The zero-order valence-electron chi connectivity index (χ0n) is 10.6. The van der Waals surface area contributed by atoms with Crippen molar-refractivity contribution < 1.29 is 24.2 Å². The Bertz CT molecular complexity index is 518. The van der Waals surface area contributed by atoms with Crippen molar-refractivity contribution in [3.8, 4) is 0 Å². The topological polar surface area (TPSA) is 98.9 Å². The van der Waals surface area contributed by atoms with Crippen molar-refractivity contribution in [2.24, 2.45) is 0 Å². The van der Waals surface area contributed by atoms with Crippen LogP contribution >= 0.6 is 34.8 Å². The Balaban J connectivity index is 2.65. The minimum absolute atomic E-state index is 0.106. The number of nitrogen functional groups attached to an aromatic ring is 1. The van der Waals surface area contributed by atoms with Gasteiger partial charge in [0.05, 0.1) is 0 Å². The number of carbonyl (C=O) groups excluding carboxylic acids is 1. The summed E-state index contributed by atoms with van der Waals surface area (Å²) in [6, 6.07) is 6.62. The molecule has 1 aromatic carbocycles. The second-order valence-corrected chi connectivity index (χ2v) is 6.52. The maximum absolute atomic E-state index is 11.4. The van der Waals surface area contributed by atoms with E-state index in [2.05, 4.69) is 9.47 Å². The highest BCUT2D eigenvalue weighted by atomic mass is 35.6. The van der Waals surface area contributed by atoms with E-state index in [4.69, 9.17) is 45.6 Å². The number of alkyl halides is 3. The third-order valence-corrected chi connectivity index (χ3v) is 2.66. The van der Waals surface area contributed by atoms with Crippen molar-refractivity contribution in [1.82, 2.24) is 0 Å². The van der Waals surface area contributed by atoms with Crippen molar-refractivity contribution in [3.63, 3.8) is 0 Å². The van der Waals surface area contributed by atoms with Gasteiger partial charge in [-0.05, 0) is 11.6 Å². The molecule has 0 amide bonds. The zero-order chi connectivity index (χ0) is 16.0. The van der Waals surface area contributed by atoms with Crippen LogP contribution in [-0.4, -0.2) is 33.7 Å². The first-order valence-electron chi connectivity index (χ1n) is 5.65. The Morgan fingerprint density at radius 1 is 1.29 bits per heavy atom. The van der Waals surface area contributed by atoms with E-state index >= 15 is 0 Å². The molecule has 0 radical (unpaired) electrons. The maximum Gasteiger partial charge on any atom is 0.509 e. The summed E-state index contributed by atoms with van der Waals surface area (Å²) in [4.78, 5) is 22.5. The van der Waals surface area contributed by atoms with E-state index in [0.29, 0.717) is 11.3 Å². The molecule has 0 heterocycles. The van der Waals surface area contributed by atoms with Crippen LogP contribution in [0.15, 0.2) is 24.3 Å². The molecular formula is C12H12Cl3NO5. The number of carboxylic acid groups (broad SMARTS) is 1. The van der Waals surface area contributed by atoms with Crippen LogP contribution in [0, 0.1) is 0 Å². The number of ether oxygens (including phenoxy) is 2. The number of anilines is 1. The Kier molecular flexibility index (Phi) is 6.39. The fourth-order valence-electron chi connectivity index (χ4n) is 1.39. The van der Waals surface area contributed by atoms with E-state index in [1.807, 2.05) is 0 Å². The highest BCUT2D eigenvalue weighted by Crippen LogP contribution is 2.26. The van der Waals surface area contributed by atoms with Crippen LogP contribution in [0.3, 0.4) is 0 Å². The molecule has 6 nitrogen and oxygen atoms in total. The molecule has 0 aliphatic heterocycles. The summed E-state index contributed by atoms with van der Waals surface area (Å²) in [7, 11) is 0. The molecule has 0 aromatic heterocycles. The molecule has 0 saturated heterocycles. The number of nitrogens with two attached hydrogens (primary N) is 1. The number of para-hydroxylation sites is 1. The van der Waals surface area contributed by atoms with Gasteiger partial charge in [-0.1, -0.05) is 53.0 Å². The van der Waals surface area contributed by atoms with Crippen molar-refractivity contribution in [2.75, 3.05) is 12.3 Å². The Hall–Kier alpha value is -1.37. The Labute approximate surface area is 135 Å². The summed E-state index contributed by atoms with van der Waals surface area (Å²) in [6.45, 7) is -0.559. The van der Waals surface area contributed by atoms with Crippen molar-refractivity contribution in [1.29, 1.82) is 0 Å². The van der Waals surface area contributed by atoms with Crippen LogP contribution in [0.5, 0.6) is 0 Å². The van der Waals surface area contributed by atoms with Crippen molar-refractivity contribution in [2.45, 2.75) is 16.3 Å². The second kappa shape index (κ2) is 7.59. The molecule has 9 heteroatoms. The summed E-state index contributed by atoms with van der Waals surface area (Å²) in [6.07, 6.45) is -2.81. The van der Waals surface area contributed by atoms with Gasteiger partial charge in [0, 0.05) is 12.1 Å². The number of rotatable bonds is 5. The molecule has 0 aliphatic rings. The number of carbonyl (C=O) groups is 2. The Morgan fingerprint density at radius 2 is 1.90 bits per heavy atom. The van der Waals surface area contributed by atoms with Gasteiger partial charge in [-0.15, -0.1) is 0 Å². The molecule has 116 valence electrons. The summed E-state index contributed by atoms with van der Waals surface area (Å²) < 4.78 is 7.37. The lowest BCUT2D eigenvalue weighted by Gasteiger charge is -2.16. The van der Waals surface area contributed by atoms with Crippen LogP contribution in [-0.2, 0) is 20.7 Å². The molecule has 21 heavy (non-hydrogen) atoms. The molecule has 0 fully saturated rings. The van der Waals surface area contributed by atoms with E-state index in [-0.39, 0.29) is 6.42 Å². The highest BCUT2D eigenvalue weighted by Gasteiger charge is 2.27. The summed E-state index contributed by atoms with van der Waals surface area (Å²) >= 11 is 16.2. The summed E-state index contributed by atoms with van der Waals surface area (Å²) in [5, 5.41) is 9.05. The van der Waals surface area contributed by atoms with Gasteiger partial charge in [0.1, 0.15) is 6.61 Å². The van der Waals surface area contributed by atoms with Crippen LogP contribution in [0.25, 0.3) is 0 Å². The van der Waals surface area contributed by atoms with Gasteiger partial charge in [0.25, 0.3) is 0 Å². The largest absolute Gasteiger partial charge is 0.509 e. The normalized spacial score (nSPS) is 12.5. The molecular weight excluding hydrogens is 344 g/mol. The predicted molar refractivity (Wildman–Crippen MR) is 78.7 cm³/mol. The lowest BCUT2D eigenvalue weighted by molar-refractivity contribution is -0.148. The van der Waals surface area contributed by atoms with Gasteiger partial charge in [0.2, 0.25) is 9.90 Å². The van der Waals surface area contributed by atoms with Gasteiger partial charge in [0.15, 0.2) is 0 Å². The van der Waals surface area contributed by atoms with Gasteiger partial charge in [-0.3, -0.25) is 0 Å². The van der Waals surface area contributed by atoms with Gasteiger partial charge < -0.3 is 20.3 Å². The standard InChI is InChI=1S/C12H12Cl3NO5/c13-12(14,15)6-20-11(19)21-9(10(17)18)5-7-3-1-2-4-8(7)16/h1-4,9H,5-6,16H2,(H,17,18). The molecule has 0 bridgehead atoms. The fourth-order valence-corrected chi connectivity index (χ4v) is 1.55. The van der Waals surface area contributed by atoms with E-state index in [9.17, 15) is 9.59 Å². The summed E-state index contributed by atoms with van der Waals surface area (Å²) in [5.41, 5.74) is 6.62. The van der Waals surface area contributed by atoms with E-state index in [0.717, 1.165) is 0 Å². The smallest absolute Gasteiger partial charge is 0.478 e. The lowest BCUT2D eigenvalue weighted by Crippen LogP contribution is -2.31. The summed E-state index contributed by atoms with van der Waals surface area (Å²) in [5.74, 6) is -1.34. The van der Waals surface area contributed by atoms with Crippen molar-refractivity contribution in [3.05, 3.63) is 29.8 Å². The minimum atomic E-state index is -1.80. The van der Waals surface area contributed by atoms with E-state index in [1.165, 1.54) is 0 Å². The van der Waals surface area contributed by atoms with Crippen LogP contribution in [0.1, 0.15) is 5.56 Å². The minimum Gasteiger partial charge on any atom is -0.478 e. The first-order chi connectivity index (χ1) is 9.69. The monoisotopic (exact) mass is 355 g/mol. The first kappa shape index (κ1) is 17.7. The van der Waals surface area contributed by atoms with Gasteiger partial charge in [-0.2, -0.15) is 0 Å². The Morgan fingerprint density at radius 3 is 2.43 bits per heavy atom. The molecule has 0 aliphatic carbocycles. The van der Waals surface area contributed by atoms with Crippen LogP contribution in [0.4, 0.5) is 10.5 Å². The molecule has 0 spiro atoms. The number of carboxylic acids is 1. The number of hydrogen-bond donors (Lipinski definition) is 2.